The number of likely N-dealkylation sites (tertiary alicyclic amines) is 1. The van der Waals surface area contributed by atoms with Gasteiger partial charge in [0, 0.05) is 19.1 Å². The second-order valence-corrected chi connectivity index (χ2v) is 4.16. The highest BCUT2D eigenvalue weighted by atomic mass is 16.2. The summed E-state index contributed by atoms with van der Waals surface area (Å²) in [4.78, 5) is 13.7. The van der Waals surface area contributed by atoms with Crippen LogP contribution in [0.2, 0.25) is 0 Å². The first-order valence-electron chi connectivity index (χ1n) is 4.66. The SMILES string of the molecule is C=CCN1CCC(N)C(C)(C)C1=O. The van der Waals surface area contributed by atoms with Crippen molar-refractivity contribution in [3.8, 4) is 0 Å². The quantitative estimate of drug-likeness (QED) is 0.641. The van der Waals surface area contributed by atoms with Crippen molar-refractivity contribution in [3.63, 3.8) is 0 Å². The van der Waals surface area contributed by atoms with Gasteiger partial charge < -0.3 is 10.6 Å². The molecule has 13 heavy (non-hydrogen) atoms. The molecule has 1 saturated heterocycles. The first-order valence-corrected chi connectivity index (χ1v) is 4.66. The van der Waals surface area contributed by atoms with Crippen molar-refractivity contribution in [2.75, 3.05) is 13.1 Å². The van der Waals surface area contributed by atoms with E-state index in [1.165, 1.54) is 0 Å². The number of nitrogens with zero attached hydrogens (tertiary/aromatic N) is 1. The molecule has 1 heterocycles. The Bertz CT molecular complexity index is 223. The van der Waals surface area contributed by atoms with Crippen LogP contribution in [0.3, 0.4) is 0 Å². The third kappa shape index (κ3) is 1.75. The minimum absolute atomic E-state index is 0.0129. The lowest BCUT2D eigenvalue weighted by Crippen LogP contribution is -2.56. The molecule has 0 aromatic carbocycles. The molecule has 0 spiro atoms. The van der Waals surface area contributed by atoms with Crippen molar-refractivity contribution in [3.05, 3.63) is 12.7 Å². The van der Waals surface area contributed by atoms with Crippen molar-refractivity contribution in [2.24, 2.45) is 11.1 Å². The second-order valence-electron chi connectivity index (χ2n) is 4.16. The molecule has 0 aromatic heterocycles. The van der Waals surface area contributed by atoms with E-state index in [4.69, 9.17) is 5.73 Å². The molecule has 0 bridgehead atoms. The molecule has 1 amide bonds. The highest BCUT2D eigenvalue weighted by Crippen LogP contribution is 2.28. The van der Waals surface area contributed by atoms with E-state index in [2.05, 4.69) is 6.58 Å². The van der Waals surface area contributed by atoms with Crippen molar-refractivity contribution < 1.29 is 4.79 Å². The number of carbonyl (C=O) groups excluding carboxylic acids is 1. The van der Waals surface area contributed by atoms with Gasteiger partial charge in [0.25, 0.3) is 0 Å². The van der Waals surface area contributed by atoms with Crippen molar-refractivity contribution in [1.29, 1.82) is 0 Å². The Morgan fingerprint density at radius 2 is 2.38 bits per heavy atom. The Kier molecular flexibility index (Phi) is 2.76. The number of piperidine rings is 1. The lowest BCUT2D eigenvalue weighted by Gasteiger charge is -2.41. The second kappa shape index (κ2) is 3.50. The first kappa shape index (κ1) is 10.3. The van der Waals surface area contributed by atoms with Gasteiger partial charge in [-0.15, -0.1) is 6.58 Å². The van der Waals surface area contributed by atoms with Crippen LogP contribution in [-0.4, -0.2) is 29.9 Å². The largest absolute Gasteiger partial charge is 0.338 e. The molecule has 1 aliphatic rings. The summed E-state index contributed by atoms with van der Waals surface area (Å²) in [6.45, 7) is 8.85. The van der Waals surface area contributed by atoms with Crippen LogP contribution in [0.5, 0.6) is 0 Å². The van der Waals surface area contributed by atoms with Crippen molar-refractivity contribution in [2.45, 2.75) is 26.3 Å². The van der Waals surface area contributed by atoms with E-state index in [1.807, 2.05) is 18.7 Å². The molecular weight excluding hydrogens is 164 g/mol. The maximum atomic E-state index is 11.8. The van der Waals surface area contributed by atoms with Crippen LogP contribution in [0.25, 0.3) is 0 Å². The van der Waals surface area contributed by atoms with Gasteiger partial charge in [-0.2, -0.15) is 0 Å². The molecule has 2 N–H and O–H groups in total. The average Bonchev–Trinajstić information content (AvgIpc) is 2.08. The van der Waals surface area contributed by atoms with Crippen LogP contribution >= 0.6 is 0 Å². The average molecular weight is 182 g/mol. The van der Waals surface area contributed by atoms with E-state index < -0.39 is 5.41 Å². The van der Waals surface area contributed by atoms with Crippen LogP contribution in [0.15, 0.2) is 12.7 Å². The predicted octanol–water partition coefficient (Wildman–Crippen LogP) is 0.758. The zero-order valence-corrected chi connectivity index (χ0v) is 8.42. The lowest BCUT2D eigenvalue weighted by atomic mass is 9.79. The summed E-state index contributed by atoms with van der Waals surface area (Å²) < 4.78 is 0. The fourth-order valence-electron chi connectivity index (χ4n) is 1.65. The summed E-state index contributed by atoms with van der Waals surface area (Å²) in [5.74, 6) is 0.145. The summed E-state index contributed by atoms with van der Waals surface area (Å²) in [6.07, 6.45) is 2.64. The zero-order chi connectivity index (χ0) is 10.1. The first-order chi connectivity index (χ1) is 6.00. The van der Waals surface area contributed by atoms with Gasteiger partial charge in [0.1, 0.15) is 0 Å². The summed E-state index contributed by atoms with van der Waals surface area (Å²) in [5.41, 5.74) is 5.47. The Labute approximate surface area is 79.6 Å². The molecule has 3 heteroatoms. The molecule has 3 nitrogen and oxygen atoms in total. The van der Waals surface area contributed by atoms with E-state index in [0.717, 1.165) is 13.0 Å². The number of rotatable bonds is 2. The van der Waals surface area contributed by atoms with Gasteiger partial charge >= 0.3 is 0 Å². The standard InChI is InChI=1S/C10H18N2O/c1-4-6-12-7-5-8(11)10(2,3)9(12)13/h4,8H,1,5-7,11H2,2-3H3. The topological polar surface area (TPSA) is 46.3 Å². The number of hydrogen-bond donors (Lipinski definition) is 1. The summed E-state index contributed by atoms with van der Waals surface area (Å²) in [5, 5.41) is 0. The minimum atomic E-state index is -0.415. The fourth-order valence-corrected chi connectivity index (χ4v) is 1.65. The molecule has 1 unspecified atom stereocenters. The number of nitrogens with two attached hydrogens (primary N) is 1. The van der Waals surface area contributed by atoms with Gasteiger partial charge in [0.05, 0.1) is 5.41 Å². The Hall–Kier alpha value is -0.830. The van der Waals surface area contributed by atoms with Gasteiger partial charge in [0.2, 0.25) is 5.91 Å². The summed E-state index contributed by atoms with van der Waals surface area (Å²) >= 11 is 0. The molecule has 1 fully saturated rings. The van der Waals surface area contributed by atoms with Gasteiger partial charge in [0.15, 0.2) is 0 Å². The summed E-state index contributed by atoms with van der Waals surface area (Å²) in [6, 6.07) is -0.0129. The predicted molar refractivity (Wildman–Crippen MR) is 53.2 cm³/mol. The zero-order valence-electron chi connectivity index (χ0n) is 8.42. The molecule has 0 aromatic rings. The molecular formula is C10H18N2O. The Morgan fingerprint density at radius 3 is 2.92 bits per heavy atom. The van der Waals surface area contributed by atoms with Crippen LogP contribution < -0.4 is 5.73 Å². The monoisotopic (exact) mass is 182 g/mol. The maximum absolute atomic E-state index is 11.8. The van der Waals surface area contributed by atoms with Crippen molar-refractivity contribution >= 4 is 5.91 Å². The maximum Gasteiger partial charge on any atom is 0.230 e. The lowest BCUT2D eigenvalue weighted by molar-refractivity contribution is -0.144. The minimum Gasteiger partial charge on any atom is -0.338 e. The number of hydrogen-bond acceptors (Lipinski definition) is 2. The fraction of sp³-hybridized carbons (Fsp3) is 0.700. The summed E-state index contributed by atoms with van der Waals surface area (Å²) in [7, 11) is 0. The Morgan fingerprint density at radius 1 is 1.77 bits per heavy atom. The van der Waals surface area contributed by atoms with Gasteiger partial charge in [-0.25, -0.2) is 0 Å². The van der Waals surface area contributed by atoms with Crippen LogP contribution in [0.4, 0.5) is 0 Å². The van der Waals surface area contributed by atoms with E-state index in [9.17, 15) is 4.79 Å². The van der Waals surface area contributed by atoms with E-state index in [-0.39, 0.29) is 11.9 Å². The van der Waals surface area contributed by atoms with Crippen LogP contribution in [0.1, 0.15) is 20.3 Å². The van der Waals surface area contributed by atoms with E-state index in [1.54, 1.807) is 6.08 Å². The molecule has 0 saturated carbocycles. The van der Waals surface area contributed by atoms with Gasteiger partial charge in [-0.1, -0.05) is 6.08 Å². The number of amides is 1. The number of carbonyl (C=O) groups is 1. The van der Waals surface area contributed by atoms with Crippen molar-refractivity contribution in [1.82, 2.24) is 4.90 Å². The highest BCUT2D eigenvalue weighted by molar-refractivity contribution is 5.83. The smallest absolute Gasteiger partial charge is 0.230 e. The van der Waals surface area contributed by atoms with Gasteiger partial charge in [-0.3, -0.25) is 4.79 Å². The Balaban J connectivity index is 2.76. The third-order valence-corrected chi connectivity index (χ3v) is 2.82. The van der Waals surface area contributed by atoms with Crippen LogP contribution in [0, 0.1) is 5.41 Å². The van der Waals surface area contributed by atoms with E-state index in [0.29, 0.717) is 6.54 Å². The third-order valence-electron chi connectivity index (χ3n) is 2.82. The van der Waals surface area contributed by atoms with Crippen LogP contribution in [-0.2, 0) is 4.79 Å². The molecule has 0 aliphatic carbocycles. The molecule has 1 aliphatic heterocycles. The van der Waals surface area contributed by atoms with Gasteiger partial charge in [-0.05, 0) is 20.3 Å². The highest BCUT2D eigenvalue weighted by Gasteiger charge is 2.40. The van der Waals surface area contributed by atoms with E-state index >= 15 is 0 Å². The molecule has 1 atom stereocenters. The normalized spacial score (nSPS) is 27.5. The molecule has 1 rings (SSSR count). The molecule has 74 valence electrons. The molecule has 0 radical (unpaired) electrons.